The molecule has 2 aromatic rings. The Balaban J connectivity index is 1.72. The lowest BCUT2D eigenvalue weighted by Crippen LogP contribution is -2.36. The normalized spacial score (nSPS) is 23.0. The maximum Gasteiger partial charge on any atom is 0.223 e. The number of carbonyl (C=O) groups is 2. The molecular formula is C21H23ClN2O3. The summed E-state index contributed by atoms with van der Waals surface area (Å²) in [4.78, 5) is 24.3. The molecule has 0 radical (unpaired) electrons. The van der Waals surface area contributed by atoms with Gasteiger partial charge in [-0.15, -0.1) is 0 Å². The molecule has 27 heavy (non-hydrogen) atoms. The van der Waals surface area contributed by atoms with Crippen LogP contribution in [-0.2, 0) is 15.2 Å². The van der Waals surface area contributed by atoms with Crippen molar-refractivity contribution >= 4 is 23.4 Å². The highest BCUT2D eigenvalue weighted by atomic mass is 35.5. The number of amides is 2. The third kappa shape index (κ3) is 4.67. The number of benzene rings is 2. The molecule has 2 amide bonds. The van der Waals surface area contributed by atoms with Crippen LogP contribution in [0.1, 0.15) is 42.9 Å². The lowest BCUT2D eigenvalue weighted by Gasteiger charge is -2.24. The van der Waals surface area contributed by atoms with Gasteiger partial charge in [0.1, 0.15) is 0 Å². The number of nitrogens with one attached hydrogen (secondary N) is 1. The molecule has 1 aliphatic rings. The van der Waals surface area contributed by atoms with E-state index in [-0.39, 0.29) is 18.2 Å². The third-order valence-electron chi connectivity index (χ3n) is 5.15. The number of hydrogen-bond acceptors (Lipinski definition) is 3. The molecule has 1 saturated carbocycles. The molecule has 2 aromatic carbocycles. The van der Waals surface area contributed by atoms with Gasteiger partial charge in [-0.1, -0.05) is 54.1 Å². The molecule has 0 heterocycles. The molecule has 0 aromatic heterocycles. The van der Waals surface area contributed by atoms with Crippen molar-refractivity contribution in [2.24, 2.45) is 11.7 Å². The Morgan fingerprint density at radius 3 is 2.63 bits per heavy atom. The molecule has 0 saturated heterocycles. The lowest BCUT2D eigenvalue weighted by molar-refractivity contribution is -0.126. The average molecular weight is 387 g/mol. The highest BCUT2D eigenvalue weighted by molar-refractivity contribution is 6.30. The fourth-order valence-corrected chi connectivity index (χ4v) is 3.92. The summed E-state index contributed by atoms with van der Waals surface area (Å²) in [5.74, 6) is -1.02. The highest BCUT2D eigenvalue weighted by Crippen LogP contribution is 2.42. The summed E-state index contributed by atoms with van der Waals surface area (Å²) in [6.07, 6.45) is 1.44. The van der Waals surface area contributed by atoms with Crippen LogP contribution in [-0.4, -0.2) is 16.9 Å². The summed E-state index contributed by atoms with van der Waals surface area (Å²) in [5.41, 5.74) is 5.90. The summed E-state index contributed by atoms with van der Waals surface area (Å²) in [6, 6.07) is 15.9. The molecule has 1 aliphatic carbocycles. The van der Waals surface area contributed by atoms with Crippen LogP contribution < -0.4 is 11.1 Å². The minimum atomic E-state index is -1.00. The van der Waals surface area contributed by atoms with Crippen LogP contribution >= 0.6 is 11.6 Å². The van der Waals surface area contributed by atoms with Gasteiger partial charge in [0.25, 0.3) is 0 Å². The van der Waals surface area contributed by atoms with E-state index in [1.54, 1.807) is 24.3 Å². The zero-order valence-corrected chi connectivity index (χ0v) is 15.7. The summed E-state index contributed by atoms with van der Waals surface area (Å²) in [6.45, 7) is 0. The lowest BCUT2D eigenvalue weighted by atomic mass is 9.91. The molecular weight excluding hydrogens is 364 g/mol. The highest BCUT2D eigenvalue weighted by Gasteiger charge is 2.42. The van der Waals surface area contributed by atoms with E-state index in [4.69, 9.17) is 17.3 Å². The first kappa shape index (κ1) is 19.4. The number of hydrogen-bond donors (Lipinski definition) is 3. The second kappa shape index (κ2) is 8.11. The quantitative estimate of drug-likeness (QED) is 0.712. The van der Waals surface area contributed by atoms with Crippen molar-refractivity contribution in [1.82, 2.24) is 5.32 Å². The van der Waals surface area contributed by atoms with Crippen LogP contribution in [0.15, 0.2) is 54.6 Å². The molecule has 0 spiro atoms. The molecule has 4 N–H and O–H groups in total. The van der Waals surface area contributed by atoms with Gasteiger partial charge < -0.3 is 16.2 Å². The van der Waals surface area contributed by atoms with E-state index in [9.17, 15) is 14.7 Å². The molecule has 3 atom stereocenters. The zero-order chi connectivity index (χ0) is 19.4. The van der Waals surface area contributed by atoms with Crippen molar-refractivity contribution in [2.45, 2.75) is 37.3 Å². The Labute approximate surface area is 163 Å². The fraction of sp³-hybridized carbons (Fsp3) is 0.333. The van der Waals surface area contributed by atoms with Gasteiger partial charge in [-0.05, 0) is 42.5 Å². The second-order valence-corrected chi connectivity index (χ2v) is 7.56. The fourth-order valence-electron chi connectivity index (χ4n) is 3.73. The standard InChI is InChI=1S/C21H23ClN2O3/c22-17-8-4-5-14(11-17)18(12-19(23)25)24-20(26)15-9-10-21(27,13-15)16-6-2-1-3-7-16/h1-8,11,15,18,27H,9-10,12-13H2,(H2,23,25)(H,24,26)/t15-,18+,21-/m1/s1. The topological polar surface area (TPSA) is 92.4 Å². The Morgan fingerprint density at radius 1 is 1.22 bits per heavy atom. The van der Waals surface area contributed by atoms with Gasteiger partial charge in [-0.2, -0.15) is 0 Å². The van der Waals surface area contributed by atoms with Gasteiger partial charge in [-0.25, -0.2) is 0 Å². The predicted molar refractivity (Wildman–Crippen MR) is 104 cm³/mol. The second-order valence-electron chi connectivity index (χ2n) is 7.12. The zero-order valence-electron chi connectivity index (χ0n) is 14.9. The molecule has 0 aliphatic heterocycles. The third-order valence-corrected chi connectivity index (χ3v) is 5.38. The van der Waals surface area contributed by atoms with E-state index in [2.05, 4.69) is 5.32 Å². The number of rotatable bonds is 6. The summed E-state index contributed by atoms with van der Waals surface area (Å²) < 4.78 is 0. The minimum absolute atomic E-state index is 0.0121. The van der Waals surface area contributed by atoms with Crippen LogP contribution in [0.5, 0.6) is 0 Å². The van der Waals surface area contributed by atoms with E-state index in [1.807, 2.05) is 30.3 Å². The van der Waals surface area contributed by atoms with Gasteiger partial charge in [0.15, 0.2) is 0 Å². The average Bonchev–Trinajstić information content (AvgIpc) is 3.05. The monoisotopic (exact) mass is 386 g/mol. The van der Waals surface area contributed by atoms with Crippen LogP contribution in [0.4, 0.5) is 0 Å². The van der Waals surface area contributed by atoms with E-state index >= 15 is 0 Å². The number of nitrogens with two attached hydrogens (primary N) is 1. The molecule has 1 fully saturated rings. The first-order valence-electron chi connectivity index (χ1n) is 8.99. The van der Waals surface area contributed by atoms with Crippen LogP contribution in [0.25, 0.3) is 0 Å². The van der Waals surface area contributed by atoms with Gasteiger partial charge in [0.2, 0.25) is 11.8 Å². The molecule has 3 rings (SSSR count). The number of aliphatic hydroxyl groups is 1. The Hall–Kier alpha value is -2.37. The SMILES string of the molecule is NC(=O)C[C@H](NC(=O)[C@@H]1CC[C@](O)(c2ccccc2)C1)c1cccc(Cl)c1. The van der Waals surface area contributed by atoms with Crippen molar-refractivity contribution < 1.29 is 14.7 Å². The van der Waals surface area contributed by atoms with Crippen LogP contribution in [0, 0.1) is 5.92 Å². The number of carbonyl (C=O) groups excluding carboxylic acids is 2. The van der Waals surface area contributed by atoms with Crippen molar-refractivity contribution in [3.05, 3.63) is 70.7 Å². The Morgan fingerprint density at radius 2 is 1.96 bits per heavy atom. The summed E-state index contributed by atoms with van der Waals surface area (Å²) >= 11 is 6.03. The summed E-state index contributed by atoms with van der Waals surface area (Å²) in [5, 5.41) is 14.4. The van der Waals surface area contributed by atoms with Crippen molar-refractivity contribution in [1.29, 1.82) is 0 Å². The van der Waals surface area contributed by atoms with Gasteiger partial charge >= 0.3 is 0 Å². The Bertz CT molecular complexity index is 827. The molecule has 6 heteroatoms. The van der Waals surface area contributed by atoms with Gasteiger partial charge in [-0.3, -0.25) is 9.59 Å². The maximum absolute atomic E-state index is 12.8. The van der Waals surface area contributed by atoms with Gasteiger partial charge in [0, 0.05) is 10.9 Å². The smallest absolute Gasteiger partial charge is 0.223 e. The first-order valence-corrected chi connectivity index (χ1v) is 9.37. The van der Waals surface area contributed by atoms with E-state index < -0.39 is 17.6 Å². The van der Waals surface area contributed by atoms with Crippen molar-refractivity contribution in [2.75, 3.05) is 0 Å². The van der Waals surface area contributed by atoms with Crippen molar-refractivity contribution in [3.63, 3.8) is 0 Å². The molecule has 0 bridgehead atoms. The van der Waals surface area contributed by atoms with Gasteiger partial charge in [0.05, 0.1) is 18.1 Å². The molecule has 142 valence electrons. The Kier molecular flexibility index (Phi) is 5.82. The van der Waals surface area contributed by atoms with E-state index in [0.717, 1.165) is 11.1 Å². The largest absolute Gasteiger partial charge is 0.385 e. The molecule has 0 unspecified atom stereocenters. The first-order chi connectivity index (χ1) is 12.9. The van der Waals surface area contributed by atoms with Crippen LogP contribution in [0.3, 0.4) is 0 Å². The number of halogens is 1. The minimum Gasteiger partial charge on any atom is -0.385 e. The van der Waals surface area contributed by atoms with Crippen LogP contribution in [0.2, 0.25) is 5.02 Å². The summed E-state index contributed by atoms with van der Waals surface area (Å²) in [7, 11) is 0. The maximum atomic E-state index is 12.8. The number of primary amides is 1. The predicted octanol–water partition coefficient (Wildman–Crippen LogP) is 3.06. The van der Waals surface area contributed by atoms with E-state index in [0.29, 0.717) is 24.3 Å². The van der Waals surface area contributed by atoms with Crippen molar-refractivity contribution in [3.8, 4) is 0 Å². The molecule has 5 nitrogen and oxygen atoms in total. The van der Waals surface area contributed by atoms with E-state index in [1.165, 1.54) is 0 Å².